The molecule has 0 aliphatic heterocycles. The van der Waals surface area contributed by atoms with Crippen LogP contribution in [0.4, 0.5) is 0 Å². The number of carboxylic acids is 1. The van der Waals surface area contributed by atoms with Gasteiger partial charge in [0.05, 0.1) is 32.8 Å². The van der Waals surface area contributed by atoms with Crippen molar-refractivity contribution >= 4 is 27.5 Å². The summed E-state index contributed by atoms with van der Waals surface area (Å²) in [6, 6.07) is 17.1. The van der Waals surface area contributed by atoms with E-state index >= 15 is 0 Å². The first-order chi connectivity index (χ1) is 11.1. The lowest BCUT2D eigenvalue weighted by Crippen LogP contribution is -2.05. The number of carboxylic acid groups (broad SMARTS) is 1. The van der Waals surface area contributed by atoms with E-state index in [4.69, 9.17) is 0 Å². The summed E-state index contributed by atoms with van der Waals surface area (Å²) in [6.45, 7) is -0.174. The van der Waals surface area contributed by atoms with Gasteiger partial charge in [0.15, 0.2) is 0 Å². The third kappa shape index (κ3) is 2.76. The van der Waals surface area contributed by atoms with Gasteiger partial charge in [-0.3, -0.25) is 0 Å². The second kappa shape index (κ2) is 6.32. The van der Waals surface area contributed by atoms with Gasteiger partial charge in [0.25, 0.3) is 0 Å². The highest BCUT2D eigenvalue weighted by atomic mass is 32.2. The molecule has 0 bridgehead atoms. The van der Waals surface area contributed by atoms with Crippen LogP contribution in [0.2, 0.25) is 0 Å². The van der Waals surface area contributed by atoms with E-state index in [1.165, 1.54) is 6.07 Å². The van der Waals surface area contributed by atoms with Gasteiger partial charge < -0.3 is 10.2 Å². The Hall–Kier alpha value is -2.50. The van der Waals surface area contributed by atoms with Crippen molar-refractivity contribution in [3.05, 3.63) is 71.8 Å². The number of carbonyl (C=O) groups is 1. The quantitative estimate of drug-likeness (QED) is 0.772. The smallest absolute Gasteiger partial charge is 0.336 e. The average Bonchev–Trinajstić information content (AvgIpc) is 2.60. The SMILES string of the molecule is O=C(O)c1ccccc1[S@](=O)c1cccc2cccc(CO)c12. The molecule has 1 atom stereocenters. The number of hydrogen-bond donors (Lipinski definition) is 2. The van der Waals surface area contributed by atoms with Crippen molar-refractivity contribution in [3.8, 4) is 0 Å². The van der Waals surface area contributed by atoms with E-state index in [1.54, 1.807) is 36.4 Å². The number of aliphatic hydroxyl groups is 1. The molecule has 0 amide bonds. The minimum Gasteiger partial charge on any atom is -0.478 e. The fraction of sp³-hybridized carbons (Fsp3) is 0.0556. The Morgan fingerprint density at radius 2 is 1.57 bits per heavy atom. The van der Waals surface area contributed by atoms with Crippen LogP contribution in [-0.4, -0.2) is 20.4 Å². The second-order valence-electron chi connectivity index (χ2n) is 5.00. The highest BCUT2D eigenvalue weighted by molar-refractivity contribution is 7.85. The molecule has 0 heterocycles. The highest BCUT2D eigenvalue weighted by Gasteiger charge is 2.19. The molecule has 23 heavy (non-hydrogen) atoms. The molecule has 3 aromatic carbocycles. The Kier molecular flexibility index (Phi) is 4.23. The van der Waals surface area contributed by atoms with Gasteiger partial charge in [-0.1, -0.05) is 42.5 Å². The molecule has 5 heteroatoms. The van der Waals surface area contributed by atoms with Crippen LogP contribution in [0.25, 0.3) is 10.8 Å². The van der Waals surface area contributed by atoms with E-state index in [0.717, 1.165) is 5.39 Å². The van der Waals surface area contributed by atoms with Crippen molar-refractivity contribution in [3.63, 3.8) is 0 Å². The van der Waals surface area contributed by atoms with Gasteiger partial charge in [0.1, 0.15) is 0 Å². The lowest BCUT2D eigenvalue weighted by Gasteiger charge is -2.11. The molecule has 0 saturated carbocycles. The van der Waals surface area contributed by atoms with Crippen molar-refractivity contribution in [2.75, 3.05) is 0 Å². The minimum absolute atomic E-state index is 0.0179. The third-order valence-electron chi connectivity index (χ3n) is 3.64. The zero-order valence-electron chi connectivity index (χ0n) is 12.1. The highest BCUT2D eigenvalue weighted by Crippen LogP contribution is 2.29. The van der Waals surface area contributed by atoms with Crippen LogP contribution in [0.15, 0.2) is 70.5 Å². The van der Waals surface area contributed by atoms with Crippen LogP contribution < -0.4 is 0 Å². The zero-order valence-corrected chi connectivity index (χ0v) is 12.9. The maximum Gasteiger partial charge on any atom is 0.336 e. The topological polar surface area (TPSA) is 74.6 Å². The normalized spacial score (nSPS) is 12.2. The molecule has 3 rings (SSSR count). The van der Waals surface area contributed by atoms with Crippen molar-refractivity contribution in [1.82, 2.24) is 0 Å². The summed E-state index contributed by atoms with van der Waals surface area (Å²) in [4.78, 5) is 12.1. The molecule has 4 nitrogen and oxygen atoms in total. The van der Waals surface area contributed by atoms with Gasteiger partial charge in [-0.25, -0.2) is 9.00 Å². The Bertz CT molecular complexity index is 913. The molecule has 0 unspecified atom stereocenters. The van der Waals surface area contributed by atoms with Gasteiger partial charge in [0.2, 0.25) is 0 Å². The van der Waals surface area contributed by atoms with Gasteiger partial charge in [-0.15, -0.1) is 0 Å². The van der Waals surface area contributed by atoms with Crippen molar-refractivity contribution in [2.45, 2.75) is 16.4 Å². The van der Waals surface area contributed by atoms with Crippen LogP contribution in [0.3, 0.4) is 0 Å². The van der Waals surface area contributed by atoms with Gasteiger partial charge in [-0.05, 0) is 29.1 Å². The minimum atomic E-state index is -1.66. The van der Waals surface area contributed by atoms with Crippen LogP contribution in [-0.2, 0) is 17.4 Å². The number of aliphatic hydroxyl groups excluding tert-OH is 1. The summed E-state index contributed by atoms with van der Waals surface area (Å²) in [6.07, 6.45) is 0. The Labute approximate surface area is 135 Å². The molecular weight excluding hydrogens is 312 g/mol. The molecule has 3 aromatic rings. The molecular formula is C18H14O4S. The summed E-state index contributed by atoms with van der Waals surface area (Å²) in [5.41, 5.74) is 0.684. The predicted octanol–water partition coefficient (Wildman–Crippen LogP) is 3.20. The summed E-state index contributed by atoms with van der Waals surface area (Å²) in [7, 11) is -1.66. The summed E-state index contributed by atoms with van der Waals surface area (Å²) in [5, 5.41) is 20.4. The van der Waals surface area contributed by atoms with Gasteiger partial charge in [0, 0.05) is 5.39 Å². The number of hydrogen-bond acceptors (Lipinski definition) is 3. The average molecular weight is 326 g/mol. The Balaban J connectivity index is 2.26. The van der Waals surface area contributed by atoms with E-state index in [2.05, 4.69) is 0 Å². The van der Waals surface area contributed by atoms with Gasteiger partial charge >= 0.3 is 5.97 Å². The van der Waals surface area contributed by atoms with E-state index in [9.17, 15) is 19.2 Å². The number of fused-ring (bicyclic) bond motifs is 1. The van der Waals surface area contributed by atoms with Crippen LogP contribution in [0.5, 0.6) is 0 Å². The molecule has 0 aromatic heterocycles. The van der Waals surface area contributed by atoms with E-state index in [1.807, 2.05) is 18.2 Å². The molecule has 0 aliphatic rings. The fourth-order valence-corrected chi connectivity index (χ4v) is 4.02. The number of aromatic carboxylic acids is 1. The Morgan fingerprint density at radius 1 is 0.913 bits per heavy atom. The third-order valence-corrected chi connectivity index (χ3v) is 5.14. The van der Waals surface area contributed by atoms with E-state index in [-0.39, 0.29) is 17.1 Å². The molecule has 0 radical (unpaired) electrons. The molecule has 0 saturated heterocycles. The Morgan fingerprint density at radius 3 is 2.26 bits per heavy atom. The summed E-state index contributed by atoms with van der Waals surface area (Å²) in [5.74, 6) is -1.11. The van der Waals surface area contributed by atoms with Gasteiger partial charge in [-0.2, -0.15) is 0 Å². The standard InChI is InChI=1S/C18H14O4S/c19-11-13-7-3-5-12-6-4-10-16(17(12)13)23(22)15-9-2-1-8-14(15)18(20)21/h1-10,19H,11H2,(H,20,21)/t23-/m0/s1. The van der Waals surface area contributed by atoms with Crippen molar-refractivity contribution in [2.24, 2.45) is 0 Å². The summed E-state index contributed by atoms with van der Waals surface area (Å²) < 4.78 is 13.0. The predicted molar refractivity (Wildman–Crippen MR) is 87.9 cm³/mol. The second-order valence-corrected chi connectivity index (χ2v) is 6.42. The van der Waals surface area contributed by atoms with E-state index < -0.39 is 16.8 Å². The van der Waals surface area contributed by atoms with Crippen LogP contribution in [0.1, 0.15) is 15.9 Å². The summed E-state index contributed by atoms with van der Waals surface area (Å²) >= 11 is 0. The first-order valence-electron chi connectivity index (χ1n) is 6.99. The first-order valence-corrected chi connectivity index (χ1v) is 8.14. The molecule has 0 aliphatic carbocycles. The lowest BCUT2D eigenvalue weighted by molar-refractivity contribution is 0.0693. The monoisotopic (exact) mass is 326 g/mol. The van der Waals surface area contributed by atoms with Crippen molar-refractivity contribution in [1.29, 1.82) is 0 Å². The maximum atomic E-state index is 13.0. The maximum absolute atomic E-state index is 13.0. The van der Waals surface area contributed by atoms with Crippen molar-refractivity contribution < 1.29 is 19.2 Å². The number of benzene rings is 3. The molecule has 116 valence electrons. The molecule has 2 N–H and O–H groups in total. The zero-order chi connectivity index (χ0) is 16.4. The first kappa shape index (κ1) is 15.4. The van der Waals surface area contributed by atoms with Crippen LogP contribution >= 0.6 is 0 Å². The molecule has 0 fully saturated rings. The largest absolute Gasteiger partial charge is 0.478 e. The van der Waals surface area contributed by atoms with E-state index in [0.29, 0.717) is 15.8 Å². The molecule has 0 spiro atoms. The lowest BCUT2D eigenvalue weighted by atomic mass is 10.1. The number of rotatable bonds is 4. The van der Waals surface area contributed by atoms with Crippen LogP contribution in [0, 0.1) is 0 Å². The fourth-order valence-electron chi connectivity index (χ4n) is 2.59.